The van der Waals surface area contributed by atoms with Gasteiger partial charge in [-0.25, -0.2) is 19.0 Å². The van der Waals surface area contributed by atoms with E-state index in [1.54, 1.807) is 0 Å². The van der Waals surface area contributed by atoms with Crippen molar-refractivity contribution in [3.05, 3.63) is 39.8 Å². The molecule has 3 N–H and O–H groups in total. The van der Waals surface area contributed by atoms with E-state index in [0.29, 0.717) is 12.2 Å². The Bertz CT molecular complexity index is 875. The van der Waals surface area contributed by atoms with Crippen LogP contribution in [-0.2, 0) is 11.3 Å². The summed E-state index contributed by atoms with van der Waals surface area (Å²) in [4.78, 5) is 36.1. The topological polar surface area (TPSA) is 128 Å². The van der Waals surface area contributed by atoms with Gasteiger partial charge < -0.3 is 5.73 Å². The Morgan fingerprint density at radius 3 is 2.65 bits per heavy atom. The molecule has 0 aliphatic carbocycles. The summed E-state index contributed by atoms with van der Waals surface area (Å²) in [5.41, 5.74) is 6.45. The second kappa shape index (κ2) is 8.28. The van der Waals surface area contributed by atoms with Gasteiger partial charge in [0.15, 0.2) is 5.82 Å². The highest BCUT2D eigenvalue weighted by molar-refractivity contribution is 5.89. The fraction of sp³-hybridized carbons (Fsp3) is 0.375. The van der Waals surface area contributed by atoms with Crippen molar-refractivity contribution in [2.75, 3.05) is 17.6 Å². The number of carbonyl (C=O) groups excluding carboxylic acids is 1. The molecular weight excluding hydrogens is 341 g/mol. The Balaban J connectivity index is 2.34. The zero-order valence-electron chi connectivity index (χ0n) is 14.7. The van der Waals surface area contributed by atoms with E-state index >= 15 is 0 Å². The van der Waals surface area contributed by atoms with Crippen LogP contribution in [0.15, 0.2) is 22.2 Å². The maximum Gasteiger partial charge on any atom is 0.278 e. The number of aliphatic imine (C=N–C) groups is 1. The van der Waals surface area contributed by atoms with Crippen molar-refractivity contribution in [3.63, 3.8) is 0 Å². The largest absolute Gasteiger partial charge is 0.396 e. The third-order valence-electron chi connectivity index (χ3n) is 3.37. The SMILES string of the molecule is CCN=Cc1c(N)c(C(C)C)nn(CC(=O)Nc2ncc(F)cn2)c1=O. The van der Waals surface area contributed by atoms with E-state index in [-0.39, 0.29) is 29.7 Å². The van der Waals surface area contributed by atoms with Crippen molar-refractivity contribution in [1.29, 1.82) is 0 Å². The first-order chi connectivity index (χ1) is 12.3. The fourth-order valence-corrected chi connectivity index (χ4v) is 2.14. The lowest BCUT2D eigenvalue weighted by Crippen LogP contribution is -2.34. The van der Waals surface area contributed by atoms with Crippen LogP contribution in [0.2, 0.25) is 0 Å². The van der Waals surface area contributed by atoms with Gasteiger partial charge in [-0.05, 0) is 12.8 Å². The van der Waals surface area contributed by atoms with Gasteiger partial charge in [0, 0.05) is 12.8 Å². The van der Waals surface area contributed by atoms with Gasteiger partial charge in [0.2, 0.25) is 11.9 Å². The lowest BCUT2D eigenvalue weighted by molar-refractivity contribution is -0.117. The molecule has 0 fully saturated rings. The number of halogens is 1. The molecule has 2 heterocycles. The van der Waals surface area contributed by atoms with Gasteiger partial charge in [0.1, 0.15) is 6.54 Å². The summed E-state index contributed by atoms with van der Waals surface area (Å²) in [5, 5.41) is 6.57. The van der Waals surface area contributed by atoms with Crippen LogP contribution in [0.5, 0.6) is 0 Å². The number of nitrogens with zero attached hydrogens (tertiary/aromatic N) is 5. The summed E-state index contributed by atoms with van der Waals surface area (Å²) >= 11 is 0. The molecule has 0 saturated heterocycles. The summed E-state index contributed by atoms with van der Waals surface area (Å²) in [6.45, 7) is 5.69. The smallest absolute Gasteiger partial charge is 0.278 e. The molecule has 0 unspecified atom stereocenters. The molecule has 2 aromatic rings. The molecule has 0 radical (unpaired) electrons. The van der Waals surface area contributed by atoms with Crippen molar-refractivity contribution >= 4 is 23.8 Å². The summed E-state index contributed by atoms with van der Waals surface area (Å²) in [6.07, 6.45) is 3.24. The standard InChI is InChI=1S/C16H20FN7O2/c1-4-19-7-11-13(18)14(9(2)3)23-24(15(11)26)8-12(25)22-16-20-5-10(17)6-21-16/h5-7,9H,4,8,18H2,1-3H3,(H,20,21,22,25). The molecule has 0 bridgehead atoms. The summed E-state index contributed by atoms with van der Waals surface area (Å²) in [6, 6.07) is 0. The maximum absolute atomic E-state index is 12.8. The normalized spacial score (nSPS) is 11.3. The maximum atomic E-state index is 12.8. The fourth-order valence-electron chi connectivity index (χ4n) is 2.14. The zero-order chi connectivity index (χ0) is 19.3. The van der Waals surface area contributed by atoms with Crippen LogP contribution in [0.3, 0.4) is 0 Å². The first-order valence-corrected chi connectivity index (χ1v) is 8.01. The molecule has 10 heteroatoms. The van der Waals surface area contributed by atoms with Gasteiger partial charge in [-0.1, -0.05) is 13.8 Å². The molecule has 0 aliphatic rings. The van der Waals surface area contributed by atoms with E-state index < -0.39 is 17.3 Å². The van der Waals surface area contributed by atoms with Gasteiger partial charge in [-0.2, -0.15) is 5.10 Å². The van der Waals surface area contributed by atoms with Crippen LogP contribution in [0.25, 0.3) is 0 Å². The number of hydrogen-bond donors (Lipinski definition) is 2. The molecule has 9 nitrogen and oxygen atoms in total. The number of anilines is 2. The number of nitrogens with two attached hydrogens (primary N) is 1. The number of aromatic nitrogens is 4. The molecule has 2 aromatic heterocycles. The Kier molecular flexibility index (Phi) is 6.10. The average Bonchev–Trinajstić information content (AvgIpc) is 2.59. The van der Waals surface area contributed by atoms with Crippen LogP contribution in [0.1, 0.15) is 37.9 Å². The number of carbonyl (C=O) groups is 1. The Morgan fingerprint density at radius 1 is 1.42 bits per heavy atom. The summed E-state index contributed by atoms with van der Waals surface area (Å²) < 4.78 is 13.8. The van der Waals surface area contributed by atoms with Crippen LogP contribution in [0, 0.1) is 5.82 Å². The predicted molar refractivity (Wildman–Crippen MR) is 95.8 cm³/mol. The van der Waals surface area contributed by atoms with E-state index in [4.69, 9.17) is 5.73 Å². The van der Waals surface area contributed by atoms with Crippen molar-refractivity contribution < 1.29 is 9.18 Å². The highest BCUT2D eigenvalue weighted by Crippen LogP contribution is 2.19. The van der Waals surface area contributed by atoms with Crippen molar-refractivity contribution in [3.8, 4) is 0 Å². The number of nitrogens with one attached hydrogen (secondary N) is 1. The Labute approximate surface area is 149 Å². The molecule has 0 spiro atoms. The zero-order valence-corrected chi connectivity index (χ0v) is 14.7. The van der Waals surface area contributed by atoms with Crippen LogP contribution < -0.4 is 16.6 Å². The predicted octanol–water partition coefficient (Wildman–Crippen LogP) is 0.955. The quantitative estimate of drug-likeness (QED) is 0.737. The van der Waals surface area contributed by atoms with E-state index in [1.807, 2.05) is 20.8 Å². The van der Waals surface area contributed by atoms with Crippen LogP contribution >= 0.6 is 0 Å². The Hall–Kier alpha value is -3.17. The lowest BCUT2D eigenvalue weighted by atomic mass is 10.1. The average molecular weight is 361 g/mol. The molecule has 2 rings (SSSR count). The third-order valence-corrected chi connectivity index (χ3v) is 3.37. The molecule has 26 heavy (non-hydrogen) atoms. The van der Waals surface area contributed by atoms with E-state index in [1.165, 1.54) is 6.21 Å². The molecule has 0 aliphatic heterocycles. The summed E-state index contributed by atoms with van der Waals surface area (Å²) in [5.74, 6) is -1.33. The highest BCUT2D eigenvalue weighted by atomic mass is 19.1. The van der Waals surface area contributed by atoms with Gasteiger partial charge in [0.25, 0.3) is 5.56 Å². The van der Waals surface area contributed by atoms with Gasteiger partial charge in [0.05, 0.1) is 29.3 Å². The number of amides is 1. The number of nitrogen functional groups attached to an aromatic ring is 1. The molecular formula is C16H20FN7O2. The molecule has 1 amide bonds. The van der Waals surface area contributed by atoms with Crippen LogP contribution in [-0.4, -0.2) is 38.4 Å². The van der Waals surface area contributed by atoms with Crippen LogP contribution in [0.4, 0.5) is 16.0 Å². The number of rotatable bonds is 6. The monoisotopic (exact) mass is 361 g/mol. The second-order valence-corrected chi connectivity index (χ2v) is 5.73. The first kappa shape index (κ1) is 19.2. The van der Waals surface area contributed by atoms with Crippen molar-refractivity contribution in [1.82, 2.24) is 19.7 Å². The van der Waals surface area contributed by atoms with E-state index in [2.05, 4.69) is 25.4 Å². The van der Waals surface area contributed by atoms with Crippen molar-refractivity contribution in [2.45, 2.75) is 33.2 Å². The minimum Gasteiger partial charge on any atom is -0.396 e. The molecule has 0 atom stereocenters. The van der Waals surface area contributed by atoms with Gasteiger partial charge in [-0.3, -0.25) is 19.9 Å². The second-order valence-electron chi connectivity index (χ2n) is 5.73. The van der Waals surface area contributed by atoms with E-state index in [9.17, 15) is 14.0 Å². The van der Waals surface area contributed by atoms with Gasteiger partial charge in [-0.15, -0.1) is 0 Å². The minimum absolute atomic E-state index is 0.0564. The Morgan fingerprint density at radius 2 is 2.08 bits per heavy atom. The van der Waals surface area contributed by atoms with E-state index in [0.717, 1.165) is 17.1 Å². The lowest BCUT2D eigenvalue weighted by Gasteiger charge is -2.14. The first-order valence-electron chi connectivity index (χ1n) is 8.01. The summed E-state index contributed by atoms with van der Waals surface area (Å²) in [7, 11) is 0. The molecule has 138 valence electrons. The van der Waals surface area contributed by atoms with Crippen molar-refractivity contribution in [2.24, 2.45) is 4.99 Å². The third kappa shape index (κ3) is 4.47. The number of hydrogen-bond acceptors (Lipinski definition) is 7. The highest BCUT2D eigenvalue weighted by Gasteiger charge is 2.18. The minimum atomic E-state index is -0.624. The van der Waals surface area contributed by atoms with Gasteiger partial charge >= 0.3 is 0 Å². The molecule has 0 aromatic carbocycles. The molecule has 0 saturated carbocycles.